The van der Waals surface area contributed by atoms with Crippen molar-refractivity contribution in [1.82, 2.24) is 9.88 Å². The van der Waals surface area contributed by atoms with Gasteiger partial charge < -0.3 is 10.0 Å². The molecule has 4 heteroatoms. The maximum absolute atomic E-state index is 12.1. The van der Waals surface area contributed by atoms with E-state index < -0.39 is 0 Å². The zero-order chi connectivity index (χ0) is 12.7. The number of hydrogen-bond acceptors (Lipinski definition) is 3. The first kappa shape index (κ1) is 13.2. The molecule has 1 N–H and O–H groups in total. The van der Waals surface area contributed by atoms with Gasteiger partial charge in [-0.15, -0.1) is 0 Å². The first-order valence-corrected chi connectivity index (χ1v) is 5.51. The fraction of sp³-hybridized carbons (Fsp3) is 0.385. The van der Waals surface area contributed by atoms with Gasteiger partial charge in [-0.25, -0.2) is 4.98 Å². The van der Waals surface area contributed by atoms with E-state index in [1.165, 1.54) is 0 Å². The molecule has 0 radical (unpaired) electrons. The number of nitrogens with zero attached hydrogens (tertiary/aromatic N) is 2. The van der Waals surface area contributed by atoms with Crippen LogP contribution in [0.5, 0.6) is 0 Å². The van der Waals surface area contributed by atoms with Gasteiger partial charge >= 0.3 is 0 Å². The molecule has 0 atom stereocenters. The lowest BCUT2D eigenvalue weighted by atomic mass is 10.2. The summed E-state index contributed by atoms with van der Waals surface area (Å²) >= 11 is 0. The van der Waals surface area contributed by atoms with Gasteiger partial charge in [0.25, 0.3) is 5.91 Å². The summed E-state index contributed by atoms with van der Waals surface area (Å²) in [6.07, 6.45) is 2.46. The van der Waals surface area contributed by atoms with Gasteiger partial charge in [0, 0.05) is 19.8 Å². The molecule has 0 unspecified atom stereocenters. The monoisotopic (exact) mass is 232 g/mol. The predicted molar refractivity (Wildman–Crippen MR) is 65.5 cm³/mol. The van der Waals surface area contributed by atoms with Crippen LogP contribution < -0.4 is 0 Å². The van der Waals surface area contributed by atoms with Gasteiger partial charge in [0.05, 0.1) is 5.56 Å². The van der Waals surface area contributed by atoms with Crippen LogP contribution in [-0.2, 0) is 0 Å². The number of carbonyl (C=O) groups is 1. The molecule has 0 aliphatic carbocycles. The van der Waals surface area contributed by atoms with Gasteiger partial charge in [-0.1, -0.05) is 18.8 Å². The average molecular weight is 232 g/mol. The number of hydrogen-bond donors (Lipinski definition) is 1. The lowest BCUT2D eigenvalue weighted by Gasteiger charge is -2.15. The van der Waals surface area contributed by atoms with E-state index in [0.29, 0.717) is 17.8 Å². The number of aliphatic hydroxyl groups is 1. The topological polar surface area (TPSA) is 53.4 Å². The number of pyridine rings is 1. The molecule has 1 aromatic rings. The molecule has 1 aromatic heterocycles. The quantitative estimate of drug-likeness (QED) is 0.788. The summed E-state index contributed by atoms with van der Waals surface area (Å²) in [6.45, 7) is 2.46. The van der Waals surface area contributed by atoms with Crippen LogP contribution in [0.4, 0.5) is 0 Å². The van der Waals surface area contributed by atoms with Gasteiger partial charge in [0.2, 0.25) is 0 Å². The van der Waals surface area contributed by atoms with Gasteiger partial charge in [-0.05, 0) is 18.6 Å². The molecule has 0 spiro atoms. The molecule has 0 aliphatic rings. The van der Waals surface area contributed by atoms with Crippen molar-refractivity contribution >= 4 is 5.91 Å². The van der Waals surface area contributed by atoms with E-state index in [-0.39, 0.29) is 12.5 Å². The van der Waals surface area contributed by atoms with Crippen LogP contribution in [0, 0.1) is 11.8 Å². The number of aliphatic hydroxyl groups excluding tert-OH is 1. The van der Waals surface area contributed by atoms with Crippen molar-refractivity contribution in [3.8, 4) is 11.8 Å². The minimum Gasteiger partial charge on any atom is -0.384 e. The fourth-order valence-corrected chi connectivity index (χ4v) is 1.43. The minimum absolute atomic E-state index is 0.144. The molecule has 1 amide bonds. The Hall–Kier alpha value is -1.86. The van der Waals surface area contributed by atoms with Crippen LogP contribution in [0.25, 0.3) is 0 Å². The molecule has 0 fully saturated rings. The molecule has 0 aromatic carbocycles. The van der Waals surface area contributed by atoms with E-state index in [4.69, 9.17) is 5.11 Å². The maximum Gasteiger partial charge on any atom is 0.273 e. The van der Waals surface area contributed by atoms with E-state index in [1.54, 1.807) is 30.3 Å². The van der Waals surface area contributed by atoms with E-state index in [9.17, 15) is 4.79 Å². The smallest absolute Gasteiger partial charge is 0.273 e. The van der Waals surface area contributed by atoms with E-state index in [2.05, 4.69) is 16.8 Å². The zero-order valence-electron chi connectivity index (χ0n) is 10.1. The fourth-order valence-electron chi connectivity index (χ4n) is 1.43. The molecule has 90 valence electrons. The summed E-state index contributed by atoms with van der Waals surface area (Å²) < 4.78 is 0. The van der Waals surface area contributed by atoms with Crippen LogP contribution in [0.15, 0.2) is 18.3 Å². The van der Waals surface area contributed by atoms with Crippen LogP contribution in [0.3, 0.4) is 0 Å². The van der Waals surface area contributed by atoms with Gasteiger partial charge in [-0.3, -0.25) is 4.79 Å². The summed E-state index contributed by atoms with van der Waals surface area (Å²) in [6, 6.07) is 3.45. The molecule has 1 rings (SSSR count). The van der Waals surface area contributed by atoms with Crippen molar-refractivity contribution in [3.05, 3.63) is 29.6 Å². The normalized spacial score (nSPS) is 9.35. The Balaban J connectivity index is 3.00. The summed E-state index contributed by atoms with van der Waals surface area (Å²) in [5, 5.41) is 8.66. The first-order valence-electron chi connectivity index (χ1n) is 5.51. The van der Waals surface area contributed by atoms with Crippen molar-refractivity contribution < 1.29 is 9.90 Å². The summed E-state index contributed by atoms with van der Waals surface area (Å²) in [7, 11) is 1.74. The number of carbonyl (C=O) groups excluding carboxylic acids is 1. The highest BCUT2D eigenvalue weighted by atomic mass is 16.2. The summed E-state index contributed by atoms with van der Waals surface area (Å²) in [4.78, 5) is 17.7. The third-order valence-corrected chi connectivity index (χ3v) is 2.22. The van der Waals surface area contributed by atoms with Crippen LogP contribution >= 0.6 is 0 Å². The average Bonchev–Trinajstić information content (AvgIpc) is 2.36. The lowest BCUT2D eigenvalue weighted by Crippen LogP contribution is -2.28. The summed E-state index contributed by atoms with van der Waals surface area (Å²) in [5.74, 6) is 5.11. The predicted octanol–water partition coefficient (Wildman–Crippen LogP) is 0.907. The van der Waals surface area contributed by atoms with Crippen LogP contribution in [0.2, 0.25) is 0 Å². The van der Waals surface area contributed by atoms with Crippen molar-refractivity contribution in [1.29, 1.82) is 0 Å². The van der Waals surface area contributed by atoms with Gasteiger partial charge in [0.15, 0.2) is 0 Å². The Morgan fingerprint density at radius 3 is 3.00 bits per heavy atom. The molecule has 4 nitrogen and oxygen atoms in total. The van der Waals surface area contributed by atoms with Gasteiger partial charge in [-0.2, -0.15) is 0 Å². The largest absolute Gasteiger partial charge is 0.384 e. The Morgan fingerprint density at radius 2 is 2.35 bits per heavy atom. The van der Waals surface area contributed by atoms with Crippen molar-refractivity contribution in [2.75, 3.05) is 20.2 Å². The molecule has 1 heterocycles. The minimum atomic E-state index is -0.229. The molecule has 0 aliphatic heterocycles. The number of rotatable bonds is 3. The number of aromatic nitrogens is 1. The van der Waals surface area contributed by atoms with Crippen molar-refractivity contribution in [3.63, 3.8) is 0 Å². The highest BCUT2D eigenvalue weighted by molar-refractivity contribution is 5.94. The Bertz CT molecular complexity index is 446. The van der Waals surface area contributed by atoms with Crippen LogP contribution in [0.1, 0.15) is 29.4 Å². The van der Waals surface area contributed by atoms with Gasteiger partial charge in [0.1, 0.15) is 12.3 Å². The molecular formula is C13H16N2O2. The number of amides is 1. The maximum atomic E-state index is 12.1. The second-order valence-corrected chi connectivity index (χ2v) is 3.59. The Morgan fingerprint density at radius 1 is 1.59 bits per heavy atom. The molecule has 0 saturated carbocycles. The highest BCUT2D eigenvalue weighted by Crippen LogP contribution is 2.07. The zero-order valence-corrected chi connectivity index (χ0v) is 10.1. The second-order valence-electron chi connectivity index (χ2n) is 3.59. The highest BCUT2D eigenvalue weighted by Gasteiger charge is 2.15. The second kappa shape index (κ2) is 6.66. The Labute approximate surface area is 101 Å². The van der Waals surface area contributed by atoms with E-state index in [1.807, 2.05) is 6.92 Å². The molecule has 0 bridgehead atoms. The lowest BCUT2D eigenvalue weighted by molar-refractivity contribution is 0.0789. The molecular weight excluding hydrogens is 216 g/mol. The van der Waals surface area contributed by atoms with E-state index >= 15 is 0 Å². The standard InChI is InChI=1S/C13H16N2O2/c1-3-9-15(2)13(17)12-11(7-5-10-16)6-4-8-14-12/h4,6,8,16H,3,9-10H2,1-2H3. The van der Waals surface area contributed by atoms with Crippen LogP contribution in [-0.4, -0.2) is 41.1 Å². The third-order valence-electron chi connectivity index (χ3n) is 2.22. The van der Waals surface area contributed by atoms with E-state index in [0.717, 1.165) is 6.42 Å². The SMILES string of the molecule is CCCN(C)C(=O)c1ncccc1C#CCO. The third kappa shape index (κ3) is 3.58. The molecule has 17 heavy (non-hydrogen) atoms. The summed E-state index contributed by atoms with van der Waals surface area (Å²) in [5.41, 5.74) is 0.888. The Kier molecular flexibility index (Phi) is 5.18. The van der Waals surface area contributed by atoms with Crippen molar-refractivity contribution in [2.24, 2.45) is 0 Å². The molecule has 0 saturated heterocycles. The first-order chi connectivity index (χ1) is 8.20. The van der Waals surface area contributed by atoms with Crippen molar-refractivity contribution in [2.45, 2.75) is 13.3 Å².